The predicted molar refractivity (Wildman–Crippen MR) is 95.9 cm³/mol. The van der Waals surface area contributed by atoms with E-state index in [1.807, 2.05) is 11.9 Å². The molecule has 1 saturated heterocycles. The van der Waals surface area contributed by atoms with Crippen molar-refractivity contribution in [3.8, 4) is 0 Å². The normalized spacial score (nSPS) is 25.5. The monoisotopic (exact) mass is 338 g/mol. The minimum atomic E-state index is 0.313. The second-order valence-electron chi connectivity index (χ2n) is 6.47. The number of hydrogen-bond donors (Lipinski definition) is 2. The van der Waals surface area contributed by atoms with Crippen molar-refractivity contribution in [1.29, 1.82) is 0 Å². The quantitative estimate of drug-likeness (QED) is 0.747. The number of aryl methyl sites for hydroxylation is 2. The van der Waals surface area contributed by atoms with Crippen molar-refractivity contribution in [1.82, 2.24) is 19.8 Å². The Morgan fingerprint density at radius 2 is 2.17 bits per heavy atom. The van der Waals surface area contributed by atoms with Gasteiger partial charge in [0.25, 0.3) is 0 Å². The van der Waals surface area contributed by atoms with Gasteiger partial charge < -0.3 is 10.1 Å². The van der Waals surface area contributed by atoms with Crippen LogP contribution in [-0.2, 0) is 17.6 Å². The molecule has 2 atom stereocenters. The third kappa shape index (κ3) is 4.29. The maximum Gasteiger partial charge on any atom is 0.0917 e. The molecular weight excluding hydrogens is 308 g/mol. The fraction of sp³-hybridized carbons (Fsp3) is 0.824. The van der Waals surface area contributed by atoms with Crippen LogP contribution in [0.4, 0.5) is 0 Å². The van der Waals surface area contributed by atoms with Crippen LogP contribution in [0, 0.1) is 0 Å². The lowest BCUT2D eigenvalue weighted by Gasteiger charge is -2.34. The third-order valence-corrected chi connectivity index (χ3v) is 5.64. The van der Waals surface area contributed by atoms with E-state index < -0.39 is 0 Å². The highest BCUT2D eigenvalue weighted by atomic mass is 32.2. The van der Waals surface area contributed by atoms with E-state index in [1.54, 1.807) is 0 Å². The Kier molecular flexibility index (Phi) is 6.39. The average molecular weight is 339 g/mol. The number of rotatable bonds is 7. The Hall–Kier alpha value is -0.560. The van der Waals surface area contributed by atoms with Gasteiger partial charge in [0.1, 0.15) is 0 Å². The third-order valence-electron chi connectivity index (χ3n) is 4.88. The molecule has 2 unspecified atom stereocenters. The first-order valence-electron chi connectivity index (χ1n) is 9.08. The molecule has 0 bridgehead atoms. The Balaban J connectivity index is 1.69. The number of aromatic nitrogens is 2. The highest BCUT2D eigenvalue weighted by molar-refractivity contribution is 7.97. The van der Waals surface area contributed by atoms with Crippen molar-refractivity contribution in [2.24, 2.45) is 0 Å². The zero-order valence-electron chi connectivity index (χ0n) is 14.4. The summed E-state index contributed by atoms with van der Waals surface area (Å²) in [5.41, 5.74) is 2.58. The van der Waals surface area contributed by atoms with Gasteiger partial charge in [0.05, 0.1) is 24.4 Å². The van der Waals surface area contributed by atoms with Gasteiger partial charge in [-0.15, -0.1) is 0 Å². The smallest absolute Gasteiger partial charge is 0.0917 e. The number of ether oxygens (including phenoxy) is 1. The number of nitrogens with one attached hydrogen (secondary N) is 2. The van der Waals surface area contributed by atoms with Crippen LogP contribution in [0.5, 0.6) is 0 Å². The second-order valence-corrected chi connectivity index (χ2v) is 7.57. The molecule has 0 aliphatic carbocycles. The maximum atomic E-state index is 6.28. The van der Waals surface area contributed by atoms with Crippen LogP contribution < -0.4 is 10.0 Å². The molecule has 0 radical (unpaired) electrons. The predicted octanol–water partition coefficient (Wildman–Crippen LogP) is 2.33. The summed E-state index contributed by atoms with van der Waals surface area (Å²) in [6.07, 6.45) is 5.94. The fourth-order valence-electron chi connectivity index (χ4n) is 3.51. The fourth-order valence-corrected chi connectivity index (χ4v) is 4.17. The van der Waals surface area contributed by atoms with Gasteiger partial charge in [-0.25, -0.2) is 0 Å². The van der Waals surface area contributed by atoms with Crippen LogP contribution in [-0.4, -0.2) is 47.4 Å². The average Bonchev–Trinajstić information content (AvgIpc) is 3.02. The van der Waals surface area contributed by atoms with Gasteiger partial charge in [-0.1, -0.05) is 25.8 Å². The van der Waals surface area contributed by atoms with Crippen LogP contribution in [0.1, 0.15) is 50.5 Å². The molecule has 1 aromatic heterocycles. The standard InChI is InChI=1S/C17H30N4OS/c1-3-13-11-14-5-6-16(20-23-4-2)17(21(14)19-13)12-22-15-7-9-18-10-8-15/h11,15-18,20H,3-10,12H2,1-2H3. The SMILES string of the molecule is CCSNC1CCc2cc(CC)nn2C1COC1CCNCC1. The molecule has 5 nitrogen and oxygen atoms in total. The molecule has 2 aliphatic rings. The van der Waals surface area contributed by atoms with E-state index in [1.165, 1.54) is 17.8 Å². The largest absolute Gasteiger partial charge is 0.376 e. The first kappa shape index (κ1) is 17.3. The highest BCUT2D eigenvalue weighted by Gasteiger charge is 2.31. The number of piperidine rings is 1. The van der Waals surface area contributed by atoms with E-state index >= 15 is 0 Å². The summed E-state index contributed by atoms with van der Waals surface area (Å²) in [6.45, 7) is 7.29. The molecule has 2 aliphatic heterocycles. The van der Waals surface area contributed by atoms with Gasteiger partial charge in [-0.3, -0.25) is 9.40 Å². The first-order valence-corrected chi connectivity index (χ1v) is 10.1. The molecule has 0 saturated carbocycles. The van der Waals surface area contributed by atoms with Crippen molar-refractivity contribution in [3.63, 3.8) is 0 Å². The first-order chi connectivity index (χ1) is 11.3. The molecule has 0 aromatic carbocycles. The molecule has 6 heteroatoms. The van der Waals surface area contributed by atoms with E-state index in [0.29, 0.717) is 18.2 Å². The topological polar surface area (TPSA) is 51.1 Å². The van der Waals surface area contributed by atoms with Crippen LogP contribution in [0.3, 0.4) is 0 Å². The van der Waals surface area contributed by atoms with Crippen molar-refractivity contribution < 1.29 is 4.74 Å². The van der Waals surface area contributed by atoms with Crippen LogP contribution in [0.25, 0.3) is 0 Å². The Morgan fingerprint density at radius 1 is 1.35 bits per heavy atom. The molecule has 130 valence electrons. The van der Waals surface area contributed by atoms with Gasteiger partial charge in [-0.05, 0) is 51.3 Å². The summed E-state index contributed by atoms with van der Waals surface area (Å²) in [7, 11) is 0. The molecule has 2 N–H and O–H groups in total. The molecule has 0 spiro atoms. The summed E-state index contributed by atoms with van der Waals surface area (Å²) in [5, 5.41) is 8.25. The van der Waals surface area contributed by atoms with Gasteiger partial charge in [0.2, 0.25) is 0 Å². The van der Waals surface area contributed by atoms with Gasteiger partial charge in [-0.2, -0.15) is 5.10 Å². The summed E-state index contributed by atoms with van der Waals surface area (Å²) in [4.78, 5) is 0. The Bertz CT molecular complexity index is 487. The van der Waals surface area contributed by atoms with Crippen LogP contribution in [0.15, 0.2) is 6.07 Å². The lowest BCUT2D eigenvalue weighted by molar-refractivity contribution is 0.00321. The van der Waals surface area contributed by atoms with Crippen molar-refractivity contribution >= 4 is 11.9 Å². The molecular formula is C17H30N4OS. The summed E-state index contributed by atoms with van der Waals surface area (Å²) >= 11 is 1.81. The zero-order valence-corrected chi connectivity index (χ0v) is 15.2. The zero-order chi connectivity index (χ0) is 16.1. The maximum absolute atomic E-state index is 6.28. The number of nitrogens with zero attached hydrogens (tertiary/aromatic N) is 2. The Labute approximate surface area is 144 Å². The van der Waals surface area contributed by atoms with E-state index in [4.69, 9.17) is 9.84 Å². The van der Waals surface area contributed by atoms with Gasteiger partial charge >= 0.3 is 0 Å². The van der Waals surface area contributed by atoms with Gasteiger partial charge in [0.15, 0.2) is 0 Å². The number of hydrogen-bond acceptors (Lipinski definition) is 5. The van der Waals surface area contributed by atoms with E-state index in [2.05, 4.69) is 34.6 Å². The molecule has 1 aromatic rings. The molecule has 3 heterocycles. The van der Waals surface area contributed by atoms with Crippen LogP contribution in [0.2, 0.25) is 0 Å². The van der Waals surface area contributed by atoms with E-state index in [9.17, 15) is 0 Å². The second kappa shape index (κ2) is 8.51. The minimum absolute atomic E-state index is 0.313. The number of fused-ring (bicyclic) bond motifs is 1. The van der Waals surface area contributed by atoms with Crippen molar-refractivity contribution in [2.45, 2.75) is 64.1 Å². The van der Waals surface area contributed by atoms with Crippen molar-refractivity contribution in [3.05, 3.63) is 17.5 Å². The summed E-state index contributed by atoms with van der Waals surface area (Å²) < 4.78 is 12.2. The lowest BCUT2D eigenvalue weighted by atomic mass is 9.98. The van der Waals surface area contributed by atoms with Crippen LogP contribution >= 0.6 is 11.9 Å². The van der Waals surface area contributed by atoms with E-state index in [0.717, 1.165) is 51.1 Å². The lowest BCUT2D eigenvalue weighted by Crippen LogP contribution is -2.43. The molecule has 23 heavy (non-hydrogen) atoms. The molecule has 3 rings (SSSR count). The van der Waals surface area contributed by atoms with Crippen molar-refractivity contribution in [2.75, 3.05) is 25.4 Å². The Morgan fingerprint density at radius 3 is 2.91 bits per heavy atom. The van der Waals surface area contributed by atoms with Gasteiger partial charge in [0, 0.05) is 17.5 Å². The minimum Gasteiger partial charge on any atom is -0.376 e. The molecule has 1 fully saturated rings. The molecule has 0 amide bonds. The highest BCUT2D eigenvalue weighted by Crippen LogP contribution is 2.28. The van der Waals surface area contributed by atoms with E-state index in [-0.39, 0.29) is 0 Å². The summed E-state index contributed by atoms with van der Waals surface area (Å²) in [6, 6.07) is 3.03. The summed E-state index contributed by atoms with van der Waals surface area (Å²) in [5.74, 6) is 1.09.